The molecule has 1 amide bonds. The summed E-state index contributed by atoms with van der Waals surface area (Å²) < 4.78 is 11.4. The number of hydrogen-bond acceptors (Lipinski definition) is 4. The lowest BCUT2D eigenvalue weighted by Crippen LogP contribution is -2.33. The fourth-order valence-corrected chi connectivity index (χ4v) is 3.40. The van der Waals surface area contributed by atoms with Gasteiger partial charge < -0.3 is 19.8 Å². The molecular formula is C22H25N3O3. The van der Waals surface area contributed by atoms with E-state index in [4.69, 9.17) is 9.47 Å². The normalized spacial score (nSPS) is 14.7. The van der Waals surface area contributed by atoms with Gasteiger partial charge in [-0.25, -0.2) is 4.98 Å². The standard InChI is InChI=1S/C22H25N3O3/c1-14(2)21(22-23-16-6-3-4-7-17(16)24-22)25-20(26)13-15-8-9-18-19(12-15)28-11-5-10-27-18/h3-4,6-9,12,14,21H,5,10-11,13H2,1-2H3,(H,23,24)(H,25,26). The van der Waals surface area contributed by atoms with Crippen LogP contribution in [-0.2, 0) is 11.2 Å². The van der Waals surface area contributed by atoms with Gasteiger partial charge in [-0.05, 0) is 35.7 Å². The summed E-state index contributed by atoms with van der Waals surface area (Å²) in [4.78, 5) is 20.7. The van der Waals surface area contributed by atoms with Crippen molar-refractivity contribution in [2.45, 2.75) is 32.7 Å². The molecule has 146 valence electrons. The van der Waals surface area contributed by atoms with Gasteiger partial charge in [0.15, 0.2) is 11.5 Å². The molecule has 0 spiro atoms. The van der Waals surface area contributed by atoms with Crippen LogP contribution in [0.1, 0.15) is 37.7 Å². The molecule has 6 nitrogen and oxygen atoms in total. The highest BCUT2D eigenvalue weighted by Gasteiger charge is 2.22. The van der Waals surface area contributed by atoms with E-state index in [2.05, 4.69) is 29.1 Å². The van der Waals surface area contributed by atoms with Crippen molar-refractivity contribution in [3.8, 4) is 11.5 Å². The number of fused-ring (bicyclic) bond motifs is 2. The molecule has 1 aromatic heterocycles. The first-order valence-electron chi connectivity index (χ1n) is 9.72. The molecule has 2 N–H and O–H groups in total. The molecule has 0 saturated carbocycles. The van der Waals surface area contributed by atoms with E-state index >= 15 is 0 Å². The number of nitrogens with one attached hydrogen (secondary N) is 2. The Bertz CT molecular complexity index is 947. The maximum Gasteiger partial charge on any atom is 0.225 e. The zero-order valence-electron chi connectivity index (χ0n) is 16.2. The predicted molar refractivity (Wildman–Crippen MR) is 108 cm³/mol. The van der Waals surface area contributed by atoms with Gasteiger partial charge in [-0.1, -0.05) is 32.0 Å². The summed E-state index contributed by atoms with van der Waals surface area (Å²) in [7, 11) is 0. The molecule has 2 aromatic carbocycles. The highest BCUT2D eigenvalue weighted by molar-refractivity contribution is 5.80. The van der Waals surface area contributed by atoms with Gasteiger partial charge in [-0.2, -0.15) is 0 Å². The number of nitrogens with zero attached hydrogens (tertiary/aromatic N) is 1. The number of para-hydroxylation sites is 2. The van der Waals surface area contributed by atoms with Crippen molar-refractivity contribution < 1.29 is 14.3 Å². The van der Waals surface area contributed by atoms with Gasteiger partial charge in [0.1, 0.15) is 5.82 Å². The summed E-state index contributed by atoms with van der Waals surface area (Å²) in [5.41, 5.74) is 2.77. The zero-order chi connectivity index (χ0) is 19.5. The van der Waals surface area contributed by atoms with Crippen LogP contribution in [0.5, 0.6) is 11.5 Å². The fraction of sp³-hybridized carbons (Fsp3) is 0.364. The number of amides is 1. The third kappa shape index (κ3) is 3.96. The summed E-state index contributed by atoms with van der Waals surface area (Å²) in [6.45, 7) is 5.43. The second kappa shape index (κ2) is 7.92. The SMILES string of the molecule is CC(C)C(NC(=O)Cc1ccc2c(c1)OCCCO2)c1nc2ccccc2[nH]1. The van der Waals surface area contributed by atoms with Crippen molar-refractivity contribution in [1.82, 2.24) is 15.3 Å². The lowest BCUT2D eigenvalue weighted by molar-refractivity contribution is -0.121. The summed E-state index contributed by atoms with van der Waals surface area (Å²) in [5, 5.41) is 3.13. The van der Waals surface area contributed by atoms with Crippen LogP contribution in [0.15, 0.2) is 42.5 Å². The van der Waals surface area contributed by atoms with Crippen LogP contribution in [0.4, 0.5) is 0 Å². The van der Waals surface area contributed by atoms with Crippen molar-refractivity contribution in [1.29, 1.82) is 0 Å². The molecule has 0 bridgehead atoms. The Kier molecular flexibility index (Phi) is 5.19. The highest BCUT2D eigenvalue weighted by Crippen LogP contribution is 2.30. The summed E-state index contributed by atoms with van der Waals surface area (Å²) in [5.74, 6) is 2.38. The fourth-order valence-electron chi connectivity index (χ4n) is 3.40. The highest BCUT2D eigenvalue weighted by atomic mass is 16.5. The van der Waals surface area contributed by atoms with Crippen molar-refractivity contribution in [2.75, 3.05) is 13.2 Å². The van der Waals surface area contributed by atoms with E-state index < -0.39 is 0 Å². The van der Waals surface area contributed by atoms with Crippen LogP contribution in [0.25, 0.3) is 11.0 Å². The van der Waals surface area contributed by atoms with E-state index in [1.165, 1.54) is 0 Å². The number of H-pyrrole nitrogens is 1. The Morgan fingerprint density at radius 1 is 1.14 bits per heavy atom. The van der Waals surface area contributed by atoms with Gasteiger partial charge >= 0.3 is 0 Å². The number of rotatable bonds is 5. The molecule has 0 radical (unpaired) electrons. The maximum absolute atomic E-state index is 12.7. The minimum Gasteiger partial charge on any atom is -0.490 e. The average Bonchev–Trinajstić information content (AvgIpc) is 2.96. The summed E-state index contributed by atoms with van der Waals surface area (Å²) in [6.07, 6.45) is 1.14. The van der Waals surface area contributed by atoms with Crippen molar-refractivity contribution in [3.63, 3.8) is 0 Å². The van der Waals surface area contributed by atoms with Crippen LogP contribution in [0.2, 0.25) is 0 Å². The monoisotopic (exact) mass is 379 g/mol. The van der Waals surface area contributed by atoms with E-state index in [0.29, 0.717) is 19.0 Å². The van der Waals surface area contributed by atoms with E-state index in [1.54, 1.807) is 0 Å². The van der Waals surface area contributed by atoms with Crippen LogP contribution in [0, 0.1) is 5.92 Å². The second-order valence-electron chi connectivity index (χ2n) is 7.44. The number of carbonyl (C=O) groups excluding carboxylic acids is 1. The number of benzene rings is 2. The molecule has 4 rings (SSSR count). The Labute approximate surface area is 164 Å². The quantitative estimate of drug-likeness (QED) is 0.707. The lowest BCUT2D eigenvalue weighted by Gasteiger charge is -2.20. The largest absolute Gasteiger partial charge is 0.490 e. The van der Waals surface area contributed by atoms with Gasteiger partial charge in [0.25, 0.3) is 0 Å². The van der Waals surface area contributed by atoms with Crippen LogP contribution in [-0.4, -0.2) is 29.1 Å². The van der Waals surface area contributed by atoms with Crippen LogP contribution < -0.4 is 14.8 Å². The van der Waals surface area contributed by atoms with E-state index in [1.807, 2.05) is 42.5 Å². The zero-order valence-corrected chi connectivity index (χ0v) is 16.2. The molecule has 6 heteroatoms. The maximum atomic E-state index is 12.7. The Balaban J connectivity index is 1.48. The minimum absolute atomic E-state index is 0.0475. The molecule has 28 heavy (non-hydrogen) atoms. The first kappa shape index (κ1) is 18.3. The van der Waals surface area contributed by atoms with Gasteiger partial charge in [0.2, 0.25) is 5.91 Å². The third-order valence-corrected chi connectivity index (χ3v) is 4.86. The number of aromatic amines is 1. The van der Waals surface area contributed by atoms with E-state index in [0.717, 1.165) is 34.6 Å². The van der Waals surface area contributed by atoms with Gasteiger partial charge in [-0.3, -0.25) is 4.79 Å². The van der Waals surface area contributed by atoms with Crippen LogP contribution in [0.3, 0.4) is 0 Å². The Morgan fingerprint density at radius 2 is 1.93 bits per heavy atom. The number of hydrogen-bond donors (Lipinski definition) is 2. The molecule has 0 fully saturated rings. The first-order chi connectivity index (χ1) is 13.6. The topological polar surface area (TPSA) is 76.2 Å². The number of ether oxygens (including phenoxy) is 2. The molecule has 0 saturated heterocycles. The lowest BCUT2D eigenvalue weighted by atomic mass is 10.0. The molecule has 1 unspecified atom stereocenters. The van der Waals surface area contributed by atoms with E-state index in [9.17, 15) is 4.79 Å². The van der Waals surface area contributed by atoms with E-state index in [-0.39, 0.29) is 24.3 Å². The number of aromatic nitrogens is 2. The number of imidazole rings is 1. The minimum atomic E-state index is -0.180. The van der Waals surface area contributed by atoms with Crippen molar-refractivity contribution >= 4 is 16.9 Å². The third-order valence-electron chi connectivity index (χ3n) is 4.86. The summed E-state index contributed by atoms with van der Waals surface area (Å²) in [6, 6.07) is 13.4. The molecule has 0 aliphatic carbocycles. The van der Waals surface area contributed by atoms with Crippen molar-refractivity contribution in [3.05, 3.63) is 53.9 Å². The average molecular weight is 379 g/mol. The predicted octanol–water partition coefficient (Wildman–Crippen LogP) is 3.78. The Morgan fingerprint density at radius 3 is 2.71 bits per heavy atom. The van der Waals surface area contributed by atoms with Gasteiger partial charge in [0.05, 0.1) is 36.7 Å². The molecule has 1 aliphatic rings. The van der Waals surface area contributed by atoms with Crippen molar-refractivity contribution in [2.24, 2.45) is 5.92 Å². The first-order valence-corrected chi connectivity index (χ1v) is 9.72. The molecule has 3 aromatic rings. The second-order valence-corrected chi connectivity index (χ2v) is 7.44. The molecule has 1 atom stereocenters. The smallest absolute Gasteiger partial charge is 0.225 e. The Hall–Kier alpha value is -3.02. The van der Waals surface area contributed by atoms with Crippen LogP contribution >= 0.6 is 0 Å². The molecule has 1 aliphatic heterocycles. The number of carbonyl (C=O) groups is 1. The molecule has 2 heterocycles. The van der Waals surface area contributed by atoms with Gasteiger partial charge in [0, 0.05) is 6.42 Å². The summed E-state index contributed by atoms with van der Waals surface area (Å²) >= 11 is 0. The molecular weight excluding hydrogens is 354 g/mol. The van der Waals surface area contributed by atoms with Gasteiger partial charge in [-0.15, -0.1) is 0 Å².